The summed E-state index contributed by atoms with van der Waals surface area (Å²) in [6, 6.07) is 4.38. The summed E-state index contributed by atoms with van der Waals surface area (Å²) in [4.78, 5) is 13.5. The highest BCUT2D eigenvalue weighted by molar-refractivity contribution is 8.00. The van der Waals surface area contributed by atoms with Crippen LogP contribution in [0.25, 0.3) is 0 Å². The number of ether oxygens (including phenoxy) is 1. The Kier molecular flexibility index (Phi) is 5.33. The number of carbonyl (C=O) groups excluding carboxylic acids is 1. The van der Waals surface area contributed by atoms with E-state index in [9.17, 15) is 17.6 Å². The molecule has 122 valence electrons. The molecule has 1 fully saturated rings. The third-order valence-electron chi connectivity index (χ3n) is 3.34. The van der Waals surface area contributed by atoms with Crippen molar-refractivity contribution in [3.05, 3.63) is 29.6 Å². The van der Waals surface area contributed by atoms with Crippen molar-refractivity contribution in [3.8, 4) is 5.75 Å². The van der Waals surface area contributed by atoms with Crippen LogP contribution in [0.1, 0.15) is 5.56 Å². The molecular weight excluding hydrogens is 329 g/mol. The second-order valence-corrected chi connectivity index (χ2v) is 8.52. The van der Waals surface area contributed by atoms with Gasteiger partial charge in [0.05, 0.1) is 0 Å². The number of hydrogen-bond acceptors (Lipinski definition) is 5. The number of benzene rings is 1. The lowest BCUT2D eigenvalue weighted by Crippen LogP contribution is -2.51. The molecule has 8 heteroatoms. The summed E-state index contributed by atoms with van der Waals surface area (Å²) >= 11 is 1.50. The molecule has 0 radical (unpaired) electrons. The van der Waals surface area contributed by atoms with E-state index in [-0.39, 0.29) is 12.4 Å². The highest BCUT2D eigenvalue weighted by atomic mass is 32.2. The Morgan fingerprint density at radius 2 is 2.23 bits per heavy atom. The molecule has 1 aromatic rings. The predicted molar refractivity (Wildman–Crippen MR) is 84.3 cm³/mol. The van der Waals surface area contributed by atoms with Gasteiger partial charge in [0.25, 0.3) is 5.91 Å². The molecule has 1 aromatic carbocycles. The molecule has 0 bridgehead atoms. The van der Waals surface area contributed by atoms with E-state index in [0.29, 0.717) is 18.1 Å². The number of thioether (sulfide) groups is 1. The molecule has 0 aromatic heterocycles. The van der Waals surface area contributed by atoms with Gasteiger partial charge in [-0.3, -0.25) is 4.79 Å². The van der Waals surface area contributed by atoms with Crippen LogP contribution in [0.3, 0.4) is 0 Å². The summed E-state index contributed by atoms with van der Waals surface area (Å²) in [6.45, 7) is 1.76. The largest absolute Gasteiger partial charge is 0.481 e. The topological polar surface area (TPSA) is 63.7 Å². The zero-order valence-corrected chi connectivity index (χ0v) is 14.0. The molecule has 1 amide bonds. The average Bonchev–Trinajstić information content (AvgIpc) is 2.47. The van der Waals surface area contributed by atoms with Crippen molar-refractivity contribution in [2.24, 2.45) is 0 Å². The van der Waals surface area contributed by atoms with Gasteiger partial charge in [0.2, 0.25) is 0 Å². The third kappa shape index (κ3) is 4.13. The molecule has 22 heavy (non-hydrogen) atoms. The van der Waals surface area contributed by atoms with Crippen LogP contribution in [0.15, 0.2) is 18.2 Å². The van der Waals surface area contributed by atoms with Crippen LogP contribution in [0.2, 0.25) is 0 Å². The Bertz CT molecular complexity index is 663. The SMILES string of the molecule is Cc1ccc(F)c(OCC(=O)N2CCSCC2S(C)(=O)=O)c1. The number of carbonyl (C=O) groups is 1. The van der Waals surface area contributed by atoms with Crippen LogP contribution in [0.5, 0.6) is 5.75 Å². The highest BCUT2D eigenvalue weighted by Crippen LogP contribution is 2.22. The number of amides is 1. The van der Waals surface area contributed by atoms with E-state index in [4.69, 9.17) is 4.74 Å². The first-order valence-electron chi connectivity index (χ1n) is 6.74. The number of hydrogen-bond donors (Lipinski definition) is 0. The van der Waals surface area contributed by atoms with Crippen molar-refractivity contribution < 1.29 is 22.3 Å². The molecule has 5 nitrogen and oxygen atoms in total. The van der Waals surface area contributed by atoms with Gasteiger partial charge in [-0.15, -0.1) is 0 Å². The lowest BCUT2D eigenvalue weighted by atomic mass is 10.2. The van der Waals surface area contributed by atoms with Crippen LogP contribution in [0.4, 0.5) is 4.39 Å². The van der Waals surface area contributed by atoms with Gasteiger partial charge >= 0.3 is 0 Å². The minimum Gasteiger partial charge on any atom is -0.481 e. The van der Waals surface area contributed by atoms with E-state index in [1.54, 1.807) is 13.0 Å². The first kappa shape index (κ1) is 17.1. The summed E-state index contributed by atoms with van der Waals surface area (Å²) in [5, 5.41) is -0.843. The predicted octanol–water partition coefficient (Wildman–Crippen LogP) is 1.46. The molecule has 1 atom stereocenters. The van der Waals surface area contributed by atoms with Crippen molar-refractivity contribution in [1.82, 2.24) is 4.90 Å². The molecule has 1 heterocycles. The monoisotopic (exact) mass is 347 g/mol. The normalized spacial score (nSPS) is 19.0. The van der Waals surface area contributed by atoms with E-state index in [1.165, 1.54) is 28.8 Å². The van der Waals surface area contributed by atoms with E-state index in [1.807, 2.05) is 0 Å². The van der Waals surface area contributed by atoms with Crippen molar-refractivity contribution >= 4 is 27.5 Å². The summed E-state index contributed by atoms with van der Waals surface area (Å²) in [7, 11) is -3.36. The maximum Gasteiger partial charge on any atom is 0.261 e. The van der Waals surface area contributed by atoms with Crippen LogP contribution in [-0.4, -0.2) is 55.5 Å². The fourth-order valence-corrected chi connectivity index (χ4v) is 5.00. The lowest BCUT2D eigenvalue weighted by Gasteiger charge is -2.33. The van der Waals surface area contributed by atoms with Gasteiger partial charge in [-0.1, -0.05) is 6.07 Å². The zero-order valence-electron chi connectivity index (χ0n) is 12.4. The third-order valence-corrected chi connectivity index (χ3v) is 5.98. The van der Waals surface area contributed by atoms with Crippen LogP contribution in [-0.2, 0) is 14.6 Å². The molecular formula is C14H18FNO4S2. The highest BCUT2D eigenvalue weighted by Gasteiger charge is 2.34. The van der Waals surface area contributed by atoms with Crippen molar-refractivity contribution in [3.63, 3.8) is 0 Å². The number of rotatable bonds is 4. The molecule has 1 aliphatic heterocycles. The maximum absolute atomic E-state index is 13.6. The summed E-state index contributed by atoms with van der Waals surface area (Å²) in [5.41, 5.74) is 0.812. The zero-order chi connectivity index (χ0) is 16.3. The number of aryl methyl sites for hydroxylation is 1. The second kappa shape index (κ2) is 6.87. The van der Waals surface area contributed by atoms with Crippen LogP contribution < -0.4 is 4.74 Å². The Morgan fingerprint density at radius 3 is 2.91 bits per heavy atom. The molecule has 0 spiro atoms. The lowest BCUT2D eigenvalue weighted by molar-refractivity contribution is -0.133. The molecule has 1 aliphatic rings. The van der Waals surface area contributed by atoms with Crippen molar-refractivity contribution in [2.45, 2.75) is 12.3 Å². The van der Waals surface area contributed by atoms with Crippen molar-refractivity contribution in [2.75, 3.05) is 30.9 Å². The maximum atomic E-state index is 13.6. The van der Waals surface area contributed by atoms with Crippen LogP contribution in [0, 0.1) is 12.7 Å². The molecule has 0 N–H and O–H groups in total. The fraction of sp³-hybridized carbons (Fsp3) is 0.500. The summed E-state index contributed by atoms with van der Waals surface area (Å²) in [6.07, 6.45) is 1.12. The van der Waals surface area contributed by atoms with Gasteiger partial charge in [0.1, 0.15) is 5.37 Å². The van der Waals surface area contributed by atoms with Crippen molar-refractivity contribution in [1.29, 1.82) is 0 Å². The smallest absolute Gasteiger partial charge is 0.261 e. The van der Waals surface area contributed by atoms with Gasteiger partial charge in [-0.05, 0) is 24.6 Å². The first-order valence-corrected chi connectivity index (χ1v) is 9.85. The minimum atomic E-state index is -3.36. The standard InChI is InChI=1S/C14H18FNO4S2/c1-10-3-4-11(15)12(7-10)20-8-13(17)16-5-6-21-9-14(16)22(2,18)19/h3-4,7,14H,5-6,8-9H2,1-2H3. The molecule has 1 unspecified atom stereocenters. The molecule has 0 aliphatic carbocycles. The Balaban J connectivity index is 2.06. The van der Waals surface area contributed by atoms with E-state index < -0.39 is 26.9 Å². The number of sulfone groups is 1. The molecule has 0 saturated carbocycles. The second-order valence-electron chi connectivity index (χ2n) is 5.17. The fourth-order valence-electron chi connectivity index (χ4n) is 2.16. The Hall–Kier alpha value is -1.28. The molecule has 2 rings (SSSR count). The summed E-state index contributed by atoms with van der Waals surface area (Å²) < 4.78 is 42.3. The van der Waals surface area contributed by atoms with Gasteiger partial charge < -0.3 is 9.64 Å². The number of halogens is 1. The average molecular weight is 347 g/mol. The van der Waals surface area contributed by atoms with Crippen LogP contribution >= 0.6 is 11.8 Å². The minimum absolute atomic E-state index is 0.00404. The van der Waals surface area contributed by atoms with Gasteiger partial charge in [-0.25, -0.2) is 12.8 Å². The van der Waals surface area contributed by atoms with Gasteiger partial charge in [-0.2, -0.15) is 11.8 Å². The van der Waals surface area contributed by atoms with Gasteiger partial charge in [0.15, 0.2) is 28.0 Å². The van der Waals surface area contributed by atoms with E-state index in [2.05, 4.69) is 0 Å². The molecule has 1 saturated heterocycles. The Morgan fingerprint density at radius 1 is 1.50 bits per heavy atom. The Labute approximate surface area is 133 Å². The quantitative estimate of drug-likeness (QED) is 0.825. The van der Waals surface area contributed by atoms with Gasteiger partial charge in [0, 0.05) is 24.3 Å². The summed E-state index contributed by atoms with van der Waals surface area (Å²) in [5.74, 6) is 0.0273. The number of nitrogens with zero attached hydrogens (tertiary/aromatic N) is 1. The van der Waals surface area contributed by atoms with E-state index in [0.717, 1.165) is 11.8 Å². The first-order chi connectivity index (χ1) is 10.3. The van der Waals surface area contributed by atoms with E-state index >= 15 is 0 Å².